The Bertz CT molecular complexity index is 590. The van der Waals surface area contributed by atoms with Crippen LogP contribution in [-0.4, -0.2) is 7.11 Å². The summed E-state index contributed by atoms with van der Waals surface area (Å²) in [6, 6.07) is 9.57. The molecule has 0 heterocycles. The van der Waals surface area contributed by atoms with Crippen molar-refractivity contribution >= 4 is 21.6 Å². The molecule has 0 bridgehead atoms. The minimum absolute atomic E-state index is 0.203. The van der Waals surface area contributed by atoms with Gasteiger partial charge in [0.1, 0.15) is 23.9 Å². The van der Waals surface area contributed by atoms with E-state index in [2.05, 4.69) is 15.9 Å². The molecule has 0 aliphatic rings. The molecule has 0 aliphatic heterocycles. The van der Waals surface area contributed by atoms with Crippen molar-refractivity contribution in [2.45, 2.75) is 6.61 Å². The number of nitrogens with two attached hydrogens (primary N) is 1. The number of nitrogen functional groups attached to an aromatic ring is 1. The van der Waals surface area contributed by atoms with Crippen LogP contribution in [0.4, 0.5) is 10.1 Å². The maximum absolute atomic E-state index is 13.1. The number of hydrogen-bond acceptors (Lipinski definition) is 3. The highest BCUT2D eigenvalue weighted by atomic mass is 79.9. The first-order valence-corrected chi connectivity index (χ1v) is 6.39. The Kier molecular flexibility index (Phi) is 4.27. The molecular weight excluding hydrogens is 313 g/mol. The lowest BCUT2D eigenvalue weighted by atomic mass is 10.2. The summed E-state index contributed by atoms with van der Waals surface area (Å²) in [6.45, 7) is 0.203. The van der Waals surface area contributed by atoms with E-state index in [1.165, 1.54) is 18.2 Å². The number of ether oxygens (including phenoxy) is 2. The van der Waals surface area contributed by atoms with Crippen LogP contribution < -0.4 is 15.2 Å². The second kappa shape index (κ2) is 5.93. The zero-order valence-electron chi connectivity index (χ0n) is 10.3. The summed E-state index contributed by atoms with van der Waals surface area (Å²) in [7, 11) is 1.59. The molecule has 0 aromatic heterocycles. The van der Waals surface area contributed by atoms with E-state index in [0.29, 0.717) is 17.0 Å². The smallest absolute Gasteiger partial charge is 0.134 e. The lowest BCUT2D eigenvalue weighted by Crippen LogP contribution is -2.01. The molecule has 0 amide bonds. The zero-order valence-corrected chi connectivity index (χ0v) is 11.9. The van der Waals surface area contributed by atoms with Gasteiger partial charge < -0.3 is 15.2 Å². The van der Waals surface area contributed by atoms with E-state index in [0.717, 1.165) is 10.2 Å². The monoisotopic (exact) mass is 325 g/mol. The third-order valence-corrected chi connectivity index (χ3v) is 3.25. The van der Waals surface area contributed by atoms with Crippen LogP contribution in [0.1, 0.15) is 5.56 Å². The van der Waals surface area contributed by atoms with Crippen molar-refractivity contribution in [3.63, 3.8) is 0 Å². The highest BCUT2D eigenvalue weighted by Crippen LogP contribution is 2.30. The first kappa shape index (κ1) is 13.7. The minimum atomic E-state index is -0.332. The van der Waals surface area contributed by atoms with E-state index in [1.807, 2.05) is 0 Å². The van der Waals surface area contributed by atoms with E-state index in [-0.39, 0.29) is 12.4 Å². The van der Waals surface area contributed by atoms with Gasteiger partial charge in [0.25, 0.3) is 0 Å². The fraction of sp³-hybridized carbons (Fsp3) is 0.143. The van der Waals surface area contributed by atoms with Crippen LogP contribution in [-0.2, 0) is 6.61 Å². The molecule has 0 spiro atoms. The second-order valence-electron chi connectivity index (χ2n) is 3.93. The highest BCUT2D eigenvalue weighted by Gasteiger charge is 2.06. The van der Waals surface area contributed by atoms with Gasteiger partial charge in [0.15, 0.2) is 0 Å². The first-order valence-electron chi connectivity index (χ1n) is 5.60. The van der Waals surface area contributed by atoms with E-state index in [4.69, 9.17) is 15.2 Å². The molecule has 2 aromatic carbocycles. The molecule has 100 valence electrons. The van der Waals surface area contributed by atoms with Crippen LogP contribution in [0.3, 0.4) is 0 Å². The maximum atomic E-state index is 13.1. The third kappa shape index (κ3) is 3.38. The third-order valence-electron chi connectivity index (χ3n) is 2.63. The second-order valence-corrected chi connectivity index (χ2v) is 4.78. The van der Waals surface area contributed by atoms with E-state index in [1.54, 1.807) is 25.3 Å². The molecule has 19 heavy (non-hydrogen) atoms. The van der Waals surface area contributed by atoms with Crippen LogP contribution in [0.5, 0.6) is 11.5 Å². The Hall–Kier alpha value is -1.75. The normalized spacial score (nSPS) is 10.3. The summed E-state index contributed by atoms with van der Waals surface area (Å²) in [5, 5.41) is 0. The fourth-order valence-electron chi connectivity index (χ4n) is 1.58. The van der Waals surface area contributed by atoms with Crippen molar-refractivity contribution in [3.05, 3.63) is 52.3 Å². The number of methoxy groups -OCH3 is 1. The summed E-state index contributed by atoms with van der Waals surface area (Å²) in [4.78, 5) is 0. The van der Waals surface area contributed by atoms with Gasteiger partial charge in [-0.25, -0.2) is 4.39 Å². The van der Waals surface area contributed by atoms with Crippen molar-refractivity contribution in [1.29, 1.82) is 0 Å². The fourth-order valence-corrected chi connectivity index (χ4v) is 2.05. The van der Waals surface area contributed by atoms with E-state index < -0.39 is 0 Å². The molecule has 5 heteroatoms. The Morgan fingerprint density at radius 2 is 2.00 bits per heavy atom. The van der Waals surface area contributed by atoms with Gasteiger partial charge in [0.2, 0.25) is 0 Å². The first-order chi connectivity index (χ1) is 9.10. The lowest BCUT2D eigenvalue weighted by Gasteiger charge is -2.11. The molecule has 0 radical (unpaired) electrons. The quantitative estimate of drug-likeness (QED) is 0.870. The van der Waals surface area contributed by atoms with Gasteiger partial charge in [-0.2, -0.15) is 0 Å². The van der Waals surface area contributed by atoms with Crippen LogP contribution in [0.25, 0.3) is 0 Å². The average Bonchev–Trinajstić information content (AvgIpc) is 2.40. The van der Waals surface area contributed by atoms with Crippen LogP contribution in [0.2, 0.25) is 0 Å². The van der Waals surface area contributed by atoms with Gasteiger partial charge in [0.05, 0.1) is 11.6 Å². The van der Waals surface area contributed by atoms with Crippen molar-refractivity contribution in [1.82, 2.24) is 0 Å². The average molecular weight is 326 g/mol. The lowest BCUT2D eigenvalue weighted by molar-refractivity contribution is 0.303. The van der Waals surface area contributed by atoms with Gasteiger partial charge in [-0.05, 0) is 52.3 Å². The SMILES string of the molecule is COc1ccc(OCc2cc(F)ccc2N)c(Br)c1. The van der Waals surface area contributed by atoms with Gasteiger partial charge in [0, 0.05) is 11.3 Å². The summed E-state index contributed by atoms with van der Waals surface area (Å²) < 4.78 is 24.6. The molecule has 0 atom stereocenters. The largest absolute Gasteiger partial charge is 0.497 e. The summed E-state index contributed by atoms with van der Waals surface area (Å²) in [6.07, 6.45) is 0. The van der Waals surface area contributed by atoms with Crippen molar-refractivity contribution < 1.29 is 13.9 Å². The van der Waals surface area contributed by atoms with Gasteiger partial charge in [-0.15, -0.1) is 0 Å². The minimum Gasteiger partial charge on any atom is -0.497 e. The Labute approximate surface area is 119 Å². The molecule has 2 rings (SSSR count). The molecule has 0 saturated heterocycles. The van der Waals surface area contributed by atoms with Crippen LogP contribution in [0.15, 0.2) is 40.9 Å². The number of hydrogen-bond donors (Lipinski definition) is 1. The number of benzene rings is 2. The molecule has 0 fully saturated rings. The Morgan fingerprint density at radius 1 is 1.21 bits per heavy atom. The zero-order chi connectivity index (χ0) is 13.8. The summed E-state index contributed by atoms with van der Waals surface area (Å²) in [5.74, 6) is 1.04. The summed E-state index contributed by atoms with van der Waals surface area (Å²) >= 11 is 3.38. The number of halogens is 2. The van der Waals surface area contributed by atoms with Crippen molar-refractivity contribution in [2.75, 3.05) is 12.8 Å². The maximum Gasteiger partial charge on any atom is 0.134 e. The van der Waals surface area contributed by atoms with Crippen molar-refractivity contribution in [2.24, 2.45) is 0 Å². The van der Waals surface area contributed by atoms with Crippen molar-refractivity contribution in [3.8, 4) is 11.5 Å². The highest BCUT2D eigenvalue weighted by molar-refractivity contribution is 9.10. The molecular formula is C14H13BrFNO2. The molecule has 2 N–H and O–H groups in total. The van der Waals surface area contributed by atoms with Crippen LogP contribution >= 0.6 is 15.9 Å². The number of rotatable bonds is 4. The molecule has 0 unspecified atom stereocenters. The van der Waals surface area contributed by atoms with E-state index in [9.17, 15) is 4.39 Å². The van der Waals surface area contributed by atoms with Crippen LogP contribution in [0, 0.1) is 5.82 Å². The summed E-state index contributed by atoms with van der Waals surface area (Å²) in [5.41, 5.74) is 6.88. The molecule has 0 aliphatic carbocycles. The molecule has 0 saturated carbocycles. The van der Waals surface area contributed by atoms with Gasteiger partial charge >= 0.3 is 0 Å². The standard InChI is InChI=1S/C14H13BrFNO2/c1-18-11-3-5-14(12(15)7-11)19-8-9-6-10(16)2-4-13(9)17/h2-7H,8,17H2,1H3. The Morgan fingerprint density at radius 3 is 2.68 bits per heavy atom. The molecule has 2 aromatic rings. The van der Waals surface area contributed by atoms with E-state index >= 15 is 0 Å². The number of anilines is 1. The van der Waals surface area contributed by atoms with Gasteiger partial charge in [-0.1, -0.05) is 0 Å². The van der Waals surface area contributed by atoms with Gasteiger partial charge in [-0.3, -0.25) is 0 Å². The molecule has 3 nitrogen and oxygen atoms in total. The predicted molar refractivity (Wildman–Crippen MR) is 75.8 cm³/mol. The Balaban J connectivity index is 2.12. The topological polar surface area (TPSA) is 44.5 Å². The predicted octanol–water partition coefficient (Wildman–Crippen LogP) is 3.76.